The van der Waals surface area contributed by atoms with Crippen molar-refractivity contribution in [2.75, 3.05) is 6.54 Å². The number of hydrogen-bond donors (Lipinski definition) is 0. The number of halogens is 1. The summed E-state index contributed by atoms with van der Waals surface area (Å²) >= 11 is 2.16. The number of carbonyl (C=O) groups excluding carboxylic acids is 1. The van der Waals surface area contributed by atoms with Crippen LogP contribution in [0.3, 0.4) is 0 Å². The summed E-state index contributed by atoms with van der Waals surface area (Å²) in [7, 11) is 0. The maximum atomic E-state index is 11.9. The van der Waals surface area contributed by atoms with Gasteiger partial charge in [-0.15, -0.1) is 6.58 Å². The van der Waals surface area contributed by atoms with E-state index in [9.17, 15) is 4.79 Å². The molecule has 0 aromatic rings. The summed E-state index contributed by atoms with van der Waals surface area (Å²) in [6.07, 6.45) is 2.70. The molecule has 0 fully saturated rings. The van der Waals surface area contributed by atoms with Crippen LogP contribution in [0.15, 0.2) is 12.7 Å². The Morgan fingerprint density at radius 1 is 1.57 bits per heavy atom. The van der Waals surface area contributed by atoms with Gasteiger partial charge in [0, 0.05) is 12.1 Å². The van der Waals surface area contributed by atoms with Gasteiger partial charge in [0.1, 0.15) is 0 Å². The van der Waals surface area contributed by atoms with Crippen molar-refractivity contribution in [1.82, 2.24) is 4.90 Å². The zero-order chi connectivity index (χ0) is 11.4. The normalized spacial score (nSPS) is 13.5. The van der Waals surface area contributed by atoms with Crippen molar-refractivity contribution in [2.45, 2.75) is 43.6 Å². The molecule has 0 aliphatic rings. The van der Waals surface area contributed by atoms with Crippen LogP contribution >= 0.6 is 22.6 Å². The summed E-state index contributed by atoms with van der Waals surface area (Å²) in [6, 6.07) is 0. The summed E-state index contributed by atoms with van der Waals surface area (Å²) in [5.74, 6) is 0.208. The summed E-state index contributed by atoms with van der Waals surface area (Å²) in [4.78, 5) is 13.8. The van der Waals surface area contributed by atoms with Crippen LogP contribution < -0.4 is 0 Å². The lowest BCUT2D eigenvalue weighted by Crippen LogP contribution is -2.48. The van der Waals surface area contributed by atoms with Gasteiger partial charge in [-0.25, -0.2) is 0 Å². The molecule has 0 aromatic heterocycles. The number of rotatable bonds is 4. The molecule has 2 nitrogen and oxygen atoms in total. The summed E-state index contributed by atoms with van der Waals surface area (Å²) in [5.41, 5.74) is -0.0977. The van der Waals surface area contributed by atoms with Crippen LogP contribution in [0.2, 0.25) is 0 Å². The maximum Gasteiger partial charge on any atom is 0.235 e. The van der Waals surface area contributed by atoms with Gasteiger partial charge >= 0.3 is 0 Å². The molecule has 1 unspecified atom stereocenters. The zero-order valence-electron chi connectivity index (χ0n) is 9.51. The average Bonchev–Trinajstić information content (AvgIpc) is 2.02. The van der Waals surface area contributed by atoms with E-state index in [0.717, 1.165) is 13.0 Å². The first-order valence-corrected chi connectivity index (χ1v) is 6.11. The van der Waals surface area contributed by atoms with Gasteiger partial charge in [-0.1, -0.05) is 28.7 Å². The molecule has 0 saturated heterocycles. The van der Waals surface area contributed by atoms with Gasteiger partial charge < -0.3 is 4.90 Å². The summed E-state index contributed by atoms with van der Waals surface area (Å²) < 4.78 is 0.0386. The molecular formula is C11H20INO. The minimum atomic E-state index is -0.0977. The topological polar surface area (TPSA) is 20.3 Å². The molecule has 82 valence electrons. The standard InChI is InChI=1S/C11H20INO/c1-6-7-8-13(11(3,4)5)10(14)9(2)12/h6,9H,1,7-8H2,2-5H3. The number of amides is 1. The first-order valence-electron chi connectivity index (χ1n) is 4.87. The highest BCUT2D eigenvalue weighted by atomic mass is 127. The van der Waals surface area contributed by atoms with Gasteiger partial charge in [0.15, 0.2) is 0 Å². The van der Waals surface area contributed by atoms with Crippen molar-refractivity contribution < 1.29 is 4.79 Å². The SMILES string of the molecule is C=CCCN(C(=O)C(C)I)C(C)(C)C. The Morgan fingerprint density at radius 3 is 2.36 bits per heavy atom. The largest absolute Gasteiger partial charge is 0.337 e. The van der Waals surface area contributed by atoms with Crippen LogP contribution in [0, 0.1) is 0 Å². The van der Waals surface area contributed by atoms with E-state index in [2.05, 4.69) is 49.9 Å². The van der Waals surface area contributed by atoms with Crippen molar-refractivity contribution in [1.29, 1.82) is 0 Å². The second-order valence-corrected chi connectivity index (χ2v) is 6.22. The molecule has 0 rings (SSSR count). The third kappa shape index (κ3) is 4.44. The van der Waals surface area contributed by atoms with Crippen molar-refractivity contribution in [3.05, 3.63) is 12.7 Å². The predicted octanol–water partition coefficient (Wildman–Crippen LogP) is 3.01. The Kier molecular flexibility index (Phi) is 5.71. The Morgan fingerprint density at radius 2 is 2.07 bits per heavy atom. The maximum absolute atomic E-state index is 11.9. The highest BCUT2D eigenvalue weighted by Crippen LogP contribution is 2.17. The van der Waals surface area contributed by atoms with E-state index in [1.807, 2.05) is 17.9 Å². The fraction of sp³-hybridized carbons (Fsp3) is 0.727. The quantitative estimate of drug-likeness (QED) is 0.444. The minimum absolute atomic E-state index is 0.0386. The highest BCUT2D eigenvalue weighted by molar-refractivity contribution is 14.1. The molecule has 0 bridgehead atoms. The Balaban J connectivity index is 4.55. The number of alkyl halides is 1. The average molecular weight is 309 g/mol. The molecule has 1 amide bonds. The predicted molar refractivity (Wildman–Crippen MR) is 69.8 cm³/mol. The molecule has 0 aliphatic heterocycles. The van der Waals surface area contributed by atoms with E-state index < -0.39 is 0 Å². The summed E-state index contributed by atoms with van der Waals surface area (Å²) in [6.45, 7) is 12.6. The van der Waals surface area contributed by atoms with E-state index in [0.29, 0.717) is 0 Å². The van der Waals surface area contributed by atoms with Crippen LogP contribution in [0.1, 0.15) is 34.1 Å². The number of hydrogen-bond acceptors (Lipinski definition) is 1. The molecule has 0 heterocycles. The van der Waals surface area contributed by atoms with E-state index in [4.69, 9.17) is 0 Å². The monoisotopic (exact) mass is 309 g/mol. The number of carbonyl (C=O) groups is 1. The van der Waals surface area contributed by atoms with Crippen molar-refractivity contribution in [3.63, 3.8) is 0 Å². The number of nitrogens with zero attached hydrogens (tertiary/aromatic N) is 1. The Hall–Kier alpha value is -0.0600. The van der Waals surface area contributed by atoms with Gasteiger partial charge in [-0.3, -0.25) is 4.79 Å². The molecule has 0 aliphatic carbocycles. The van der Waals surface area contributed by atoms with E-state index in [1.165, 1.54) is 0 Å². The van der Waals surface area contributed by atoms with Crippen LogP contribution in [-0.2, 0) is 4.79 Å². The van der Waals surface area contributed by atoms with Gasteiger partial charge in [0.25, 0.3) is 0 Å². The minimum Gasteiger partial charge on any atom is -0.337 e. The molecule has 0 spiro atoms. The highest BCUT2D eigenvalue weighted by Gasteiger charge is 2.27. The van der Waals surface area contributed by atoms with Crippen molar-refractivity contribution in [3.8, 4) is 0 Å². The van der Waals surface area contributed by atoms with E-state index >= 15 is 0 Å². The van der Waals surface area contributed by atoms with Crippen molar-refractivity contribution >= 4 is 28.5 Å². The van der Waals surface area contributed by atoms with Gasteiger partial charge in [-0.05, 0) is 34.1 Å². The molecule has 0 radical (unpaired) electrons. The van der Waals surface area contributed by atoms with Crippen LogP contribution in [0.4, 0.5) is 0 Å². The van der Waals surface area contributed by atoms with E-state index in [-0.39, 0.29) is 15.4 Å². The van der Waals surface area contributed by atoms with E-state index in [1.54, 1.807) is 0 Å². The van der Waals surface area contributed by atoms with Crippen molar-refractivity contribution in [2.24, 2.45) is 0 Å². The smallest absolute Gasteiger partial charge is 0.235 e. The second kappa shape index (κ2) is 5.73. The molecule has 0 saturated carbocycles. The molecular weight excluding hydrogens is 289 g/mol. The van der Waals surface area contributed by atoms with Gasteiger partial charge in [0.05, 0.1) is 3.92 Å². The fourth-order valence-electron chi connectivity index (χ4n) is 1.21. The van der Waals surface area contributed by atoms with Crippen LogP contribution in [-0.4, -0.2) is 26.8 Å². The lowest BCUT2D eigenvalue weighted by Gasteiger charge is -2.36. The van der Waals surface area contributed by atoms with Crippen LogP contribution in [0.5, 0.6) is 0 Å². The molecule has 1 atom stereocenters. The first kappa shape index (κ1) is 13.9. The lowest BCUT2D eigenvalue weighted by atomic mass is 10.0. The molecule has 0 aromatic carbocycles. The van der Waals surface area contributed by atoms with Crippen LogP contribution in [0.25, 0.3) is 0 Å². The third-order valence-corrected chi connectivity index (χ3v) is 2.51. The second-order valence-electron chi connectivity index (χ2n) is 4.35. The molecule has 14 heavy (non-hydrogen) atoms. The molecule has 3 heteroatoms. The van der Waals surface area contributed by atoms with Gasteiger partial charge in [0.2, 0.25) is 5.91 Å². The fourth-order valence-corrected chi connectivity index (χ4v) is 1.55. The third-order valence-electron chi connectivity index (χ3n) is 1.97. The van der Waals surface area contributed by atoms with Gasteiger partial charge in [-0.2, -0.15) is 0 Å². The lowest BCUT2D eigenvalue weighted by molar-refractivity contribution is -0.134. The Labute approximate surface area is 101 Å². The Bertz CT molecular complexity index is 206. The molecule has 0 N–H and O–H groups in total. The first-order chi connectivity index (χ1) is 6.30. The summed E-state index contributed by atoms with van der Waals surface area (Å²) in [5, 5.41) is 0. The zero-order valence-corrected chi connectivity index (χ0v) is 11.7.